The van der Waals surface area contributed by atoms with Crippen LogP contribution in [0.25, 0.3) is 0 Å². The van der Waals surface area contributed by atoms with Gasteiger partial charge in [-0.25, -0.2) is 9.18 Å². The third-order valence-electron chi connectivity index (χ3n) is 3.72. The molecular formula is C15H21FN2O2. The molecule has 110 valence electrons. The maximum Gasteiger partial charge on any atom is 0.315 e. The topological polar surface area (TPSA) is 61.4 Å². The second-order valence-electron chi connectivity index (χ2n) is 5.41. The summed E-state index contributed by atoms with van der Waals surface area (Å²) >= 11 is 0. The van der Waals surface area contributed by atoms with Crippen LogP contribution < -0.4 is 10.6 Å². The van der Waals surface area contributed by atoms with E-state index in [4.69, 9.17) is 5.11 Å². The Morgan fingerprint density at radius 3 is 3.10 bits per heavy atom. The Kier molecular flexibility index (Phi) is 4.95. The largest absolute Gasteiger partial charge is 0.396 e. The van der Waals surface area contributed by atoms with E-state index in [0.29, 0.717) is 13.0 Å². The zero-order valence-corrected chi connectivity index (χ0v) is 11.7. The van der Waals surface area contributed by atoms with Crippen LogP contribution in [0.3, 0.4) is 0 Å². The minimum Gasteiger partial charge on any atom is -0.396 e. The van der Waals surface area contributed by atoms with Gasteiger partial charge in [-0.05, 0) is 48.4 Å². The SMILES string of the molecule is CC(CCO)CNC(=O)NC1CCc2cc(F)ccc21. The van der Waals surface area contributed by atoms with Crippen molar-refractivity contribution in [3.8, 4) is 0 Å². The van der Waals surface area contributed by atoms with E-state index in [9.17, 15) is 9.18 Å². The highest BCUT2D eigenvalue weighted by atomic mass is 19.1. The highest BCUT2D eigenvalue weighted by Crippen LogP contribution is 2.31. The summed E-state index contributed by atoms with van der Waals surface area (Å²) in [5.74, 6) is 0.0161. The average molecular weight is 280 g/mol. The van der Waals surface area contributed by atoms with Crippen LogP contribution in [0.2, 0.25) is 0 Å². The van der Waals surface area contributed by atoms with E-state index in [1.807, 2.05) is 6.92 Å². The molecule has 4 nitrogen and oxygen atoms in total. The summed E-state index contributed by atoms with van der Waals surface area (Å²) in [7, 11) is 0. The summed E-state index contributed by atoms with van der Waals surface area (Å²) < 4.78 is 13.1. The Hall–Kier alpha value is -1.62. The van der Waals surface area contributed by atoms with Crippen LogP contribution in [0.1, 0.15) is 36.9 Å². The number of aliphatic hydroxyl groups is 1. The second kappa shape index (κ2) is 6.70. The fourth-order valence-electron chi connectivity index (χ4n) is 2.53. The van der Waals surface area contributed by atoms with Gasteiger partial charge in [0.15, 0.2) is 0 Å². The number of amides is 2. The number of carbonyl (C=O) groups excluding carboxylic acids is 1. The van der Waals surface area contributed by atoms with Gasteiger partial charge < -0.3 is 15.7 Å². The molecule has 1 aromatic rings. The number of halogens is 1. The first-order valence-electron chi connectivity index (χ1n) is 7.03. The van der Waals surface area contributed by atoms with Gasteiger partial charge in [-0.2, -0.15) is 0 Å². The molecule has 20 heavy (non-hydrogen) atoms. The monoisotopic (exact) mass is 280 g/mol. The van der Waals surface area contributed by atoms with Crippen LogP contribution in [0.15, 0.2) is 18.2 Å². The number of rotatable bonds is 5. The third kappa shape index (κ3) is 3.70. The van der Waals surface area contributed by atoms with Crippen LogP contribution >= 0.6 is 0 Å². The van der Waals surface area contributed by atoms with Gasteiger partial charge >= 0.3 is 6.03 Å². The minimum absolute atomic E-state index is 0.0428. The maximum absolute atomic E-state index is 13.1. The molecule has 0 saturated heterocycles. The molecule has 0 saturated carbocycles. The number of aryl methyl sites for hydroxylation is 1. The quantitative estimate of drug-likeness (QED) is 0.774. The predicted octanol–water partition coefficient (Wildman–Crippen LogP) is 2.13. The molecule has 0 bridgehead atoms. The highest BCUT2D eigenvalue weighted by molar-refractivity contribution is 5.74. The highest BCUT2D eigenvalue weighted by Gasteiger charge is 2.24. The molecule has 0 aromatic heterocycles. The summed E-state index contributed by atoms with van der Waals surface area (Å²) in [5, 5.41) is 14.5. The van der Waals surface area contributed by atoms with Crippen molar-refractivity contribution in [2.24, 2.45) is 5.92 Å². The summed E-state index contributed by atoms with van der Waals surface area (Å²) in [5.41, 5.74) is 1.98. The number of aliphatic hydroxyl groups excluding tert-OH is 1. The van der Waals surface area contributed by atoms with Gasteiger partial charge in [-0.3, -0.25) is 0 Å². The second-order valence-corrected chi connectivity index (χ2v) is 5.41. The van der Waals surface area contributed by atoms with E-state index in [-0.39, 0.29) is 30.4 Å². The number of urea groups is 1. The van der Waals surface area contributed by atoms with E-state index in [1.165, 1.54) is 12.1 Å². The summed E-state index contributed by atoms with van der Waals surface area (Å²) in [4.78, 5) is 11.8. The lowest BCUT2D eigenvalue weighted by Gasteiger charge is -2.16. The Morgan fingerprint density at radius 2 is 2.35 bits per heavy atom. The normalized spacial score (nSPS) is 18.4. The molecule has 1 aromatic carbocycles. The van der Waals surface area contributed by atoms with Crippen molar-refractivity contribution in [3.05, 3.63) is 35.1 Å². The number of hydrogen-bond donors (Lipinski definition) is 3. The first-order valence-corrected chi connectivity index (χ1v) is 7.03. The third-order valence-corrected chi connectivity index (χ3v) is 3.72. The van der Waals surface area contributed by atoms with E-state index >= 15 is 0 Å². The molecule has 0 fully saturated rings. The van der Waals surface area contributed by atoms with E-state index in [2.05, 4.69) is 10.6 Å². The summed E-state index contributed by atoms with van der Waals surface area (Å²) in [6, 6.07) is 4.46. The lowest BCUT2D eigenvalue weighted by atomic mass is 10.1. The Bertz CT molecular complexity index is 479. The summed E-state index contributed by atoms with van der Waals surface area (Å²) in [6.45, 7) is 2.64. The molecule has 0 radical (unpaired) electrons. The van der Waals surface area contributed by atoms with E-state index in [1.54, 1.807) is 6.07 Å². The fraction of sp³-hybridized carbons (Fsp3) is 0.533. The zero-order chi connectivity index (χ0) is 14.5. The molecule has 0 aliphatic heterocycles. The van der Waals surface area contributed by atoms with Crippen molar-refractivity contribution in [2.75, 3.05) is 13.2 Å². The molecule has 0 heterocycles. The molecule has 2 atom stereocenters. The van der Waals surface area contributed by atoms with Crippen LogP contribution in [-0.4, -0.2) is 24.3 Å². The van der Waals surface area contributed by atoms with Gasteiger partial charge in [0.25, 0.3) is 0 Å². The zero-order valence-electron chi connectivity index (χ0n) is 11.7. The molecule has 1 aliphatic rings. The molecular weight excluding hydrogens is 259 g/mol. The molecule has 1 aliphatic carbocycles. The van der Waals surface area contributed by atoms with E-state index < -0.39 is 0 Å². The van der Waals surface area contributed by atoms with Gasteiger partial charge in [-0.15, -0.1) is 0 Å². The number of fused-ring (bicyclic) bond motifs is 1. The van der Waals surface area contributed by atoms with Crippen LogP contribution in [-0.2, 0) is 6.42 Å². The molecule has 0 spiro atoms. The lowest BCUT2D eigenvalue weighted by Crippen LogP contribution is -2.39. The van der Waals surface area contributed by atoms with Gasteiger partial charge in [0, 0.05) is 13.2 Å². The number of hydrogen-bond acceptors (Lipinski definition) is 2. The molecule has 2 unspecified atom stereocenters. The van der Waals surface area contributed by atoms with Crippen molar-refractivity contribution in [1.29, 1.82) is 0 Å². The number of carbonyl (C=O) groups is 1. The fourth-order valence-corrected chi connectivity index (χ4v) is 2.53. The first-order chi connectivity index (χ1) is 9.60. The Balaban J connectivity index is 1.85. The average Bonchev–Trinajstić information content (AvgIpc) is 2.79. The number of benzene rings is 1. The predicted molar refractivity (Wildman–Crippen MR) is 74.9 cm³/mol. The van der Waals surface area contributed by atoms with Gasteiger partial charge in [0.1, 0.15) is 5.82 Å². The van der Waals surface area contributed by atoms with Crippen LogP contribution in [0, 0.1) is 11.7 Å². The molecule has 5 heteroatoms. The minimum atomic E-state index is -0.230. The van der Waals surface area contributed by atoms with E-state index in [0.717, 1.165) is 24.0 Å². The smallest absolute Gasteiger partial charge is 0.315 e. The van der Waals surface area contributed by atoms with Crippen molar-refractivity contribution in [1.82, 2.24) is 10.6 Å². The van der Waals surface area contributed by atoms with Crippen molar-refractivity contribution in [2.45, 2.75) is 32.2 Å². The maximum atomic E-state index is 13.1. The van der Waals surface area contributed by atoms with Gasteiger partial charge in [-0.1, -0.05) is 13.0 Å². The Labute approximate surface area is 118 Å². The first kappa shape index (κ1) is 14.8. The lowest BCUT2D eigenvalue weighted by molar-refractivity contribution is 0.230. The Morgan fingerprint density at radius 1 is 1.55 bits per heavy atom. The molecule has 2 amide bonds. The van der Waals surface area contributed by atoms with Crippen LogP contribution in [0.4, 0.5) is 9.18 Å². The summed E-state index contributed by atoms with van der Waals surface area (Å²) in [6.07, 6.45) is 2.27. The van der Waals surface area contributed by atoms with Crippen molar-refractivity contribution >= 4 is 6.03 Å². The molecule has 3 N–H and O–H groups in total. The standard InChI is InChI=1S/C15H21FN2O2/c1-10(6-7-19)9-17-15(20)18-14-5-2-11-8-12(16)3-4-13(11)14/h3-4,8,10,14,19H,2,5-7,9H2,1H3,(H2,17,18,20). The van der Waals surface area contributed by atoms with Gasteiger partial charge in [0.05, 0.1) is 6.04 Å². The van der Waals surface area contributed by atoms with Gasteiger partial charge in [0.2, 0.25) is 0 Å². The van der Waals surface area contributed by atoms with Crippen LogP contribution in [0.5, 0.6) is 0 Å². The molecule has 2 rings (SSSR count). The van der Waals surface area contributed by atoms with Crippen molar-refractivity contribution < 1.29 is 14.3 Å². The number of nitrogens with one attached hydrogen (secondary N) is 2. The van der Waals surface area contributed by atoms with Crippen molar-refractivity contribution in [3.63, 3.8) is 0 Å².